The average molecular weight is 249 g/mol. The van der Waals surface area contributed by atoms with E-state index < -0.39 is 5.97 Å². The van der Waals surface area contributed by atoms with Gasteiger partial charge in [0.1, 0.15) is 0 Å². The Morgan fingerprint density at radius 3 is 2.67 bits per heavy atom. The Kier molecular flexibility index (Phi) is 4.12. The van der Waals surface area contributed by atoms with Crippen molar-refractivity contribution in [3.63, 3.8) is 0 Å². The normalized spacial score (nSPS) is 16.8. The lowest BCUT2D eigenvalue weighted by atomic mass is 9.92. The minimum atomic E-state index is -1.01. The second-order valence-corrected chi connectivity index (χ2v) is 4.75. The van der Waals surface area contributed by atoms with Gasteiger partial charge in [0.2, 0.25) is 0 Å². The van der Waals surface area contributed by atoms with E-state index in [1.54, 1.807) is 6.20 Å². The van der Waals surface area contributed by atoms with Gasteiger partial charge in [0.05, 0.1) is 0 Å². The van der Waals surface area contributed by atoms with Gasteiger partial charge in [0.15, 0.2) is 11.5 Å². The summed E-state index contributed by atoms with van der Waals surface area (Å²) in [5.74, 6) is 0.282. The van der Waals surface area contributed by atoms with Gasteiger partial charge >= 0.3 is 5.97 Å². The van der Waals surface area contributed by atoms with Gasteiger partial charge in [-0.2, -0.15) is 0 Å². The average Bonchev–Trinajstić information content (AvgIpc) is 2.40. The number of hydrogen-bond donors (Lipinski definition) is 1. The zero-order valence-electron chi connectivity index (χ0n) is 10.7. The molecule has 2 rings (SSSR count). The van der Waals surface area contributed by atoms with Crippen LogP contribution in [0.4, 0.5) is 5.82 Å². The van der Waals surface area contributed by atoms with Crippen molar-refractivity contribution in [1.29, 1.82) is 0 Å². The predicted molar refractivity (Wildman–Crippen MR) is 68.8 cm³/mol. The van der Waals surface area contributed by atoms with Gasteiger partial charge in [0, 0.05) is 25.5 Å². The Morgan fingerprint density at radius 2 is 2.06 bits per heavy atom. The molecule has 1 saturated heterocycles. The van der Waals surface area contributed by atoms with Gasteiger partial charge in [0.25, 0.3) is 0 Å². The summed E-state index contributed by atoms with van der Waals surface area (Å²) in [6.07, 6.45) is 7.69. The molecule has 0 unspecified atom stereocenters. The Balaban J connectivity index is 2.07. The Morgan fingerprint density at radius 1 is 1.39 bits per heavy atom. The highest BCUT2D eigenvalue weighted by Crippen LogP contribution is 2.26. The van der Waals surface area contributed by atoms with Crippen LogP contribution in [0.15, 0.2) is 12.4 Å². The lowest BCUT2D eigenvalue weighted by Gasteiger charge is -2.32. The second-order valence-electron chi connectivity index (χ2n) is 4.75. The van der Waals surface area contributed by atoms with E-state index in [1.165, 1.54) is 19.0 Å². The van der Waals surface area contributed by atoms with E-state index in [9.17, 15) is 4.79 Å². The lowest BCUT2D eigenvalue weighted by Crippen LogP contribution is -2.35. The minimum absolute atomic E-state index is 0.0615. The van der Waals surface area contributed by atoms with Crippen molar-refractivity contribution in [1.82, 2.24) is 9.97 Å². The molecule has 5 heteroatoms. The third kappa shape index (κ3) is 2.78. The zero-order valence-corrected chi connectivity index (χ0v) is 10.7. The maximum Gasteiger partial charge on any atom is 0.358 e. The Hall–Kier alpha value is -1.65. The molecule has 0 saturated carbocycles. The molecule has 5 nitrogen and oxygen atoms in total. The molecule has 1 aliphatic rings. The quantitative estimate of drug-likeness (QED) is 0.886. The molecular formula is C13H19N3O2. The molecule has 0 aliphatic carbocycles. The highest BCUT2D eigenvalue weighted by Gasteiger charge is 2.23. The van der Waals surface area contributed by atoms with Gasteiger partial charge in [-0.3, -0.25) is 0 Å². The minimum Gasteiger partial charge on any atom is -0.476 e. The highest BCUT2D eigenvalue weighted by molar-refractivity contribution is 5.90. The van der Waals surface area contributed by atoms with Crippen molar-refractivity contribution in [3.05, 3.63) is 18.1 Å². The number of anilines is 1. The molecular weight excluding hydrogens is 230 g/mol. The topological polar surface area (TPSA) is 66.3 Å². The van der Waals surface area contributed by atoms with Gasteiger partial charge in [-0.25, -0.2) is 14.8 Å². The number of aromatic nitrogens is 2. The first-order valence-corrected chi connectivity index (χ1v) is 6.51. The molecule has 1 N–H and O–H groups in total. The predicted octanol–water partition coefficient (Wildman–Crippen LogP) is 2.19. The molecule has 0 amide bonds. The first-order chi connectivity index (χ1) is 8.72. The number of hydrogen-bond acceptors (Lipinski definition) is 4. The van der Waals surface area contributed by atoms with Crippen molar-refractivity contribution in [3.8, 4) is 0 Å². The standard InChI is InChI=1S/C13H19N3O2/c1-2-3-10-4-8-16(9-5-10)12-11(13(17)18)14-6-7-15-12/h6-7,10H,2-5,8-9H2,1H3,(H,17,18). The van der Waals surface area contributed by atoms with Crippen LogP contribution in [0.5, 0.6) is 0 Å². The van der Waals surface area contributed by atoms with Crippen LogP contribution in [0.2, 0.25) is 0 Å². The molecule has 0 radical (unpaired) electrons. The number of nitrogens with zero attached hydrogens (tertiary/aromatic N) is 3. The molecule has 18 heavy (non-hydrogen) atoms. The summed E-state index contributed by atoms with van der Waals surface area (Å²) in [4.78, 5) is 21.2. The van der Waals surface area contributed by atoms with Gasteiger partial charge in [-0.05, 0) is 18.8 Å². The monoisotopic (exact) mass is 249 g/mol. The maximum atomic E-state index is 11.1. The van der Waals surface area contributed by atoms with E-state index in [0.717, 1.165) is 31.8 Å². The second kappa shape index (κ2) is 5.80. The molecule has 1 aliphatic heterocycles. The number of aromatic carboxylic acids is 1. The summed E-state index contributed by atoms with van der Waals surface area (Å²) in [5, 5.41) is 9.10. The van der Waals surface area contributed by atoms with Crippen LogP contribution < -0.4 is 4.90 Å². The lowest BCUT2D eigenvalue weighted by molar-refractivity contribution is 0.0690. The van der Waals surface area contributed by atoms with Crippen LogP contribution in [0.25, 0.3) is 0 Å². The van der Waals surface area contributed by atoms with Crippen LogP contribution in [-0.2, 0) is 0 Å². The van der Waals surface area contributed by atoms with E-state index in [-0.39, 0.29) is 5.69 Å². The number of piperidine rings is 1. The number of carboxylic acids is 1. The van der Waals surface area contributed by atoms with Gasteiger partial charge in [-0.1, -0.05) is 19.8 Å². The molecule has 2 heterocycles. The summed E-state index contributed by atoms with van der Waals surface area (Å²) >= 11 is 0. The molecule has 0 bridgehead atoms. The Bertz CT molecular complexity index is 414. The SMILES string of the molecule is CCCC1CCN(c2nccnc2C(=O)O)CC1. The third-order valence-electron chi connectivity index (χ3n) is 3.49. The van der Waals surface area contributed by atoms with E-state index in [2.05, 4.69) is 16.9 Å². The largest absolute Gasteiger partial charge is 0.476 e. The fraction of sp³-hybridized carbons (Fsp3) is 0.615. The van der Waals surface area contributed by atoms with Crippen molar-refractivity contribution < 1.29 is 9.90 Å². The molecule has 0 atom stereocenters. The molecule has 98 valence electrons. The van der Waals surface area contributed by atoms with Crippen LogP contribution in [-0.4, -0.2) is 34.1 Å². The van der Waals surface area contributed by atoms with Crippen LogP contribution in [0, 0.1) is 5.92 Å². The zero-order chi connectivity index (χ0) is 13.0. The molecule has 0 spiro atoms. The molecule has 0 aromatic carbocycles. The smallest absolute Gasteiger partial charge is 0.358 e. The highest BCUT2D eigenvalue weighted by atomic mass is 16.4. The van der Waals surface area contributed by atoms with Gasteiger partial charge < -0.3 is 10.0 Å². The first kappa shape index (κ1) is 12.8. The molecule has 1 aromatic heterocycles. The van der Waals surface area contributed by atoms with E-state index in [0.29, 0.717) is 5.82 Å². The summed E-state index contributed by atoms with van der Waals surface area (Å²) < 4.78 is 0. The van der Waals surface area contributed by atoms with Crippen LogP contribution >= 0.6 is 0 Å². The van der Waals surface area contributed by atoms with Gasteiger partial charge in [-0.15, -0.1) is 0 Å². The van der Waals surface area contributed by atoms with Crippen molar-refractivity contribution >= 4 is 11.8 Å². The third-order valence-corrected chi connectivity index (χ3v) is 3.49. The fourth-order valence-corrected chi connectivity index (χ4v) is 2.55. The summed E-state index contributed by atoms with van der Waals surface area (Å²) in [6.45, 7) is 3.96. The maximum absolute atomic E-state index is 11.1. The fourth-order valence-electron chi connectivity index (χ4n) is 2.55. The van der Waals surface area contributed by atoms with E-state index >= 15 is 0 Å². The van der Waals surface area contributed by atoms with Crippen molar-refractivity contribution in [2.24, 2.45) is 5.92 Å². The number of carbonyl (C=O) groups is 1. The molecule has 1 fully saturated rings. The van der Waals surface area contributed by atoms with Crippen molar-refractivity contribution in [2.45, 2.75) is 32.6 Å². The first-order valence-electron chi connectivity index (χ1n) is 6.51. The van der Waals surface area contributed by atoms with Crippen LogP contribution in [0.1, 0.15) is 43.1 Å². The number of carboxylic acid groups (broad SMARTS) is 1. The van der Waals surface area contributed by atoms with Crippen LogP contribution in [0.3, 0.4) is 0 Å². The molecule has 1 aromatic rings. The van der Waals surface area contributed by atoms with E-state index in [1.807, 2.05) is 4.90 Å². The summed E-state index contributed by atoms with van der Waals surface area (Å²) in [7, 11) is 0. The van der Waals surface area contributed by atoms with E-state index in [4.69, 9.17) is 5.11 Å². The van der Waals surface area contributed by atoms with Crippen molar-refractivity contribution in [2.75, 3.05) is 18.0 Å². The number of rotatable bonds is 4. The summed E-state index contributed by atoms with van der Waals surface area (Å²) in [5.41, 5.74) is 0.0615. The summed E-state index contributed by atoms with van der Waals surface area (Å²) in [6, 6.07) is 0. The Labute approximate surface area is 107 Å².